The minimum atomic E-state index is -0.0335. The van der Waals surface area contributed by atoms with Gasteiger partial charge < -0.3 is 9.55 Å². The highest BCUT2D eigenvalue weighted by Crippen LogP contribution is 2.47. The molecule has 1 N–H and O–H groups in total. The molecule has 0 atom stereocenters. The average Bonchev–Trinajstić information content (AvgIpc) is 3.84. The maximum Gasteiger partial charge on any atom is 0.0545 e. The summed E-state index contributed by atoms with van der Waals surface area (Å²) >= 11 is 10.4. The lowest BCUT2D eigenvalue weighted by molar-refractivity contribution is 0.568. The van der Waals surface area contributed by atoms with Gasteiger partial charge in [0.2, 0.25) is 0 Å². The molecule has 2 nitrogen and oxygen atoms in total. The van der Waals surface area contributed by atoms with Crippen LogP contribution in [-0.2, 0) is 21.7 Å². The number of halogens is 3. The number of aromatic amines is 1. The van der Waals surface area contributed by atoms with Crippen LogP contribution in [0.3, 0.4) is 0 Å². The first-order chi connectivity index (χ1) is 32.4. The van der Waals surface area contributed by atoms with Gasteiger partial charge in [-0.3, -0.25) is 0 Å². The number of benzene rings is 8. The van der Waals surface area contributed by atoms with Gasteiger partial charge in [-0.1, -0.05) is 178 Å². The molecule has 0 unspecified atom stereocenters. The van der Waals surface area contributed by atoms with Crippen LogP contribution >= 0.6 is 54.5 Å². The summed E-state index contributed by atoms with van der Waals surface area (Å²) in [5.74, 6) is 0. The van der Waals surface area contributed by atoms with E-state index in [2.05, 4.69) is 293 Å². The van der Waals surface area contributed by atoms with E-state index in [1.807, 2.05) is 0 Å². The molecule has 5 heteroatoms. The molecule has 2 heterocycles. The number of rotatable bonds is 5. The minimum Gasteiger partial charge on any atom is -0.353 e. The van der Waals surface area contributed by atoms with Crippen molar-refractivity contribution in [3.05, 3.63) is 180 Å². The Kier molecular flexibility index (Phi) is 11.8. The number of nitrogens with zero attached hydrogens (tertiary/aromatic N) is 1. The van der Waals surface area contributed by atoms with E-state index in [-0.39, 0.29) is 21.7 Å². The largest absolute Gasteiger partial charge is 0.353 e. The molecular formula is C64H61Br2IN2. The summed E-state index contributed by atoms with van der Waals surface area (Å²) in [5, 5.41) is 4.87. The highest BCUT2D eigenvalue weighted by atomic mass is 127. The molecule has 0 radical (unpaired) electrons. The van der Waals surface area contributed by atoms with Crippen molar-refractivity contribution in [1.82, 2.24) is 9.55 Å². The third-order valence-corrected chi connectivity index (χ3v) is 17.1. The fraction of sp³-hybridized carbons (Fsp3) is 0.250. The molecule has 10 rings (SSSR count). The summed E-state index contributed by atoms with van der Waals surface area (Å²) in [6, 6.07) is 55.5. The number of aromatic nitrogens is 2. The second-order valence-electron chi connectivity index (χ2n) is 23.3. The molecule has 0 saturated carbocycles. The van der Waals surface area contributed by atoms with E-state index >= 15 is 0 Å². The Morgan fingerprint density at radius 3 is 1.36 bits per heavy atom. The van der Waals surface area contributed by atoms with Crippen LogP contribution in [0.15, 0.2) is 155 Å². The van der Waals surface area contributed by atoms with Crippen molar-refractivity contribution in [2.75, 3.05) is 0 Å². The number of para-hydroxylation sites is 2. The molecule has 0 fully saturated rings. The van der Waals surface area contributed by atoms with Crippen molar-refractivity contribution in [2.24, 2.45) is 0 Å². The summed E-state index contributed by atoms with van der Waals surface area (Å²) in [4.78, 5) is 4.15. The van der Waals surface area contributed by atoms with E-state index in [1.54, 1.807) is 0 Å². The summed E-state index contributed by atoms with van der Waals surface area (Å²) in [6.45, 7) is 27.9. The Bertz CT molecular complexity index is 3610. The predicted molar refractivity (Wildman–Crippen MR) is 315 cm³/mol. The Balaban J connectivity index is 1.35. The van der Waals surface area contributed by atoms with Gasteiger partial charge in [-0.15, -0.1) is 0 Å². The van der Waals surface area contributed by atoms with Crippen molar-refractivity contribution in [2.45, 2.75) is 105 Å². The molecule has 0 bridgehead atoms. The molecule has 2 aromatic heterocycles. The van der Waals surface area contributed by atoms with Crippen molar-refractivity contribution < 1.29 is 0 Å². The van der Waals surface area contributed by atoms with Crippen LogP contribution in [0.4, 0.5) is 0 Å². The minimum absolute atomic E-state index is 0.0282. The molecule has 0 aliphatic carbocycles. The van der Waals surface area contributed by atoms with Crippen LogP contribution in [0.2, 0.25) is 0 Å². The van der Waals surface area contributed by atoms with Crippen LogP contribution in [0, 0.1) is 3.57 Å². The third kappa shape index (κ3) is 8.84. The summed E-state index contributed by atoms with van der Waals surface area (Å²) in [6.07, 6.45) is 0. The topological polar surface area (TPSA) is 20.7 Å². The maximum atomic E-state index is 4.15. The van der Waals surface area contributed by atoms with Gasteiger partial charge in [0.1, 0.15) is 0 Å². The SMILES string of the molecule is CC(C)(C)c1cc(-c2cc(-c3ccc4c(c3)c3ccccc3n4-c3ccccc3)c3[nH]c4c(-c5cc(Br)c(I)cc5Br)cc(-c5cc(C(C)(C)C)cc(C(C)(C)C)c5)cc4c3c2)cc(C(C)(C)C)c1. The zero-order chi connectivity index (χ0) is 49.1. The van der Waals surface area contributed by atoms with Crippen molar-refractivity contribution in [1.29, 1.82) is 0 Å². The second kappa shape index (κ2) is 17.1. The summed E-state index contributed by atoms with van der Waals surface area (Å²) in [7, 11) is 0. The van der Waals surface area contributed by atoms with Gasteiger partial charge in [-0.05, 0) is 183 Å². The van der Waals surface area contributed by atoms with Crippen LogP contribution < -0.4 is 0 Å². The Morgan fingerprint density at radius 2 is 0.826 bits per heavy atom. The van der Waals surface area contributed by atoms with Gasteiger partial charge in [0.05, 0.1) is 22.1 Å². The fourth-order valence-electron chi connectivity index (χ4n) is 9.92. The van der Waals surface area contributed by atoms with Gasteiger partial charge in [0, 0.05) is 50.9 Å². The lowest BCUT2D eigenvalue weighted by Crippen LogP contribution is -2.16. The zero-order valence-corrected chi connectivity index (χ0v) is 47.3. The molecule has 10 aromatic rings. The smallest absolute Gasteiger partial charge is 0.0545 e. The van der Waals surface area contributed by atoms with E-state index in [0.29, 0.717) is 0 Å². The molecule has 0 aliphatic heterocycles. The second-order valence-corrected chi connectivity index (χ2v) is 26.2. The zero-order valence-electron chi connectivity index (χ0n) is 41.9. The standard InChI is InChI=1S/C64H61Br2IN2/c1-61(2,3)42-24-38(25-43(33-42)62(4,5)6)40-29-48(37-22-23-58-50(28-37)47-20-16-17-21-57(47)69(58)46-18-14-13-15-19-46)59-52(31-40)53-32-41(39-26-44(63(7,8)9)34-45(27-39)64(10,11)12)30-51(60(53)68-59)49-35-55(66)56(67)36-54(49)65/h13-36,68H,1-12H3. The summed E-state index contributed by atoms with van der Waals surface area (Å²) in [5.41, 5.74) is 20.5. The van der Waals surface area contributed by atoms with Gasteiger partial charge in [-0.2, -0.15) is 0 Å². The van der Waals surface area contributed by atoms with Gasteiger partial charge in [-0.25, -0.2) is 0 Å². The molecule has 69 heavy (non-hydrogen) atoms. The average molecular weight is 1140 g/mol. The van der Waals surface area contributed by atoms with Crippen molar-refractivity contribution in [3.8, 4) is 50.2 Å². The molecule has 348 valence electrons. The van der Waals surface area contributed by atoms with Gasteiger partial charge in [0.15, 0.2) is 0 Å². The van der Waals surface area contributed by atoms with Crippen LogP contribution in [-0.4, -0.2) is 9.55 Å². The first-order valence-electron chi connectivity index (χ1n) is 24.1. The van der Waals surface area contributed by atoms with Crippen molar-refractivity contribution in [3.63, 3.8) is 0 Å². The third-order valence-electron chi connectivity index (χ3n) is 14.1. The molecular weight excluding hydrogens is 1080 g/mol. The van der Waals surface area contributed by atoms with Gasteiger partial charge in [0.25, 0.3) is 0 Å². The van der Waals surface area contributed by atoms with Crippen LogP contribution in [0.5, 0.6) is 0 Å². The van der Waals surface area contributed by atoms with Crippen molar-refractivity contribution >= 4 is 98.1 Å². The molecule has 0 spiro atoms. The first-order valence-corrected chi connectivity index (χ1v) is 26.8. The Hall–Kier alpha value is -4.95. The molecule has 8 aromatic carbocycles. The number of hydrogen-bond acceptors (Lipinski definition) is 0. The number of nitrogens with one attached hydrogen (secondary N) is 1. The molecule has 0 saturated heterocycles. The number of H-pyrrole nitrogens is 1. The molecule has 0 amide bonds. The number of fused-ring (bicyclic) bond motifs is 6. The van der Waals surface area contributed by atoms with E-state index in [0.717, 1.165) is 40.4 Å². The monoisotopic (exact) mass is 1140 g/mol. The van der Waals surface area contributed by atoms with E-state index in [9.17, 15) is 0 Å². The summed E-state index contributed by atoms with van der Waals surface area (Å²) < 4.78 is 5.68. The normalized spacial score (nSPS) is 12.9. The Morgan fingerprint density at radius 1 is 0.377 bits per heavy atom. The van der Waals surface area contributed by atoms with E-state index in [4.69, 9.17) is 0 Å². The maximum absolute atomic E-state index is 4.15. The lowest BCUT2D eigenvalue weighted by Gasteiger charge is -2.26. The highest BCUT2D eigenvalue weighted by molar-refractivity contribution is 14.1. The first kappa shape index (κ1) is 47.7. The van der Waals surface area contributed by atoms with Crippen LogP contribution in [0.1, 0.15) is 105 Å². The Labute approximate surface area is 439 Å². The lowest BCUT2D eigenvalue weighted by atomic mass is 9.78. The number of hydrogen-bond donors (Lipinski definition) is 1. The van der Waals surface area contributed by atoms with E-state index in [1.165, 1.54) is 88.2 Å². The molecule has 0 aliphatic rings. The van der Waals surface area contributed by atoms with E-state index < -0.39 is 0 Å². The van der Waals surface area contributed by atoms with Gasteiger partial charge >= 0.3 is 0 Å². The quantitative estimate of drug-likeness (QED) is 0.131. The predicted octanol–water partition coefficient (Wildman–Crippen LogP) is 20.4. The highest BCUT2D eigenvalue weighted by Gasteiger charge is 2.26. The van der Waals surface area contributed by atoms with Crippen LogP contribution in [0.25, 0.3) is 93.8 Å². The fourth-order valence-corrected chi connectivity index (χ4v) is 11.7.